The van der Waals surface area contributed by atoms with Crippen LogP contribution in [0.1, 0.15) is 67.9 Å². The van der Waals surface area contributed by atoms with Crippen LogP contribution in [0.4, 0.5) is 10.5 Å². The number of carbonyl (C=O) groups is 4. The first-order chi connectivity index (χ1) is 25.3. The highest BCUT2D eigenvalue weighted by Crippen LogP contribution is 2.34. The van der Waals surface area contributed by atoms with Gasteiger partial charge in [-0.3, -0.25) is 9.59 Å². The number of rotatable bonds is 12. The Morgan fingerprint density at radius 1 is 0.925 bits per heavy atom. The average molecular weight is 726 g/mol. The zero-order valence-corrected chi connectivity index (χ0v) is 30.9. The summed E-state index contributed by atoms with van der Waals surface area (Å²) in [5.41, 5.74) is 4.37. The number of aromatic nitrogens is 4. The molecule has 5 rings (SSSR count). The molecule has 0 bridgehead atoms. The number of carbonyl (C=O) groups excluding carboxylic acids is 4. The predicted molar refractivity (Wildman–Crippen MR) is 198 cm³/mol. The summed E-state index contributed by atoms with van der Waals surface area (Å²) in [6, 6.07) is 17.0. The molecule has 14 nitrogen and oxygen atoms in total. The number of nitrogens with zero attached hydrogens (tertiary/aromatic N) is 3. The Morgan fingerprint density at radius 3 is 2.28 bits per heavy atom. The zero-order chi connectivity index (χ0) is 38.1. The molecule has 3 amide bonds. The minimum atomic E-state index is -0.907. The van der Waals surface area contributed by atoms with Gasteiger partial charge in [0.25, 0.3) is 0 Å². The zero-order valence-electron chi connectivity index (χ0n) is 30.9. The summed E-state index contributed by atoms with van der Waals surface area (Å²) in [6.45, 7) is 7.83. The molecule has 0 saturated heterocycles. The van der Waals surface area contributed by atoms with E-state index in [2.05, 4.69) is 36.6 Å². The minimum absolute atomic E-state index is 0.195. The van der Waals surface area contributed by atoms with Crippen LogP contribution in [-0.4, -0.2) is 76.9 Å². The number of aryl methyl sites for hydroxylation is 1. The van der Waals surface area contributed by atoms with E-state index in [0.717, 1.165) is 40.7 Å². The third-order valence-corrected chi connectivity index (χ3v) is 9.18. The van der Waals surface area contributed by atoms with E-state index in [-0.39, 0.29) is 30.1 Å². The second kappa shape index (κ2) is 17.2. The lowest BCUT2D eigenvalue weighted by atomic mass is 9.81. The topological polar surface area (TPSA) is 187 Å². The molecule has 53 heavy (non-hydrogen) atoms. The summed E-state index contributed by atoms with van der Waals surface area (Å²) >= 11 is 0. The fourth-order valence-electron chi connectivity index (χ4n) is 6.42. The van der Waals surface area contributed by atoms with Gasteiger partial charge < -0.3 is 30.2 Å². The van der Waals surface area contributed by atoms with Crippen LogP contribution in [0.15, 0.2) is 60.7 Å². The maximum Gasteiger partial charge on any atom is 0.407 e. The van der Waals surface area contributed by atoms with Gasteiger partial charge in [-0.05, 0) is 130 Å². The second-order valence-electron chi connectivity index (χ2n) is 14.2. The molecule has 280 valence electrons. The van der Waals surface area contributed by atoms with E-state index < -0.39 is 23.7 Å². The van der Waals surface area contributed by atoms with Gasteiger partial charge in [0.2, 0.25) is 17.6 Å². The van der Waals surface area contributed by atoms with E-state index in [1.54, 1.807) is 43.5 Å². The molecule has 0 aliphatic heterocycles. The molecule has 4 aromatic rings. The molecular weight excluding hydrogens is 678 g/mol. The lowest BCUT2D eigenvalue weighted by Crippen LogP contribution is -2.48. The number of methoxy groups -OCH3 is 2. The molecule has 4 N–H and O–H groups in total. The number of nitrogens with one attached hydrogen (secondary N) is 4. The Kier molecular flexibility index (Phi) is 12.4. The quantitative estimate of drug-likeness (QED) is 0.133. The Morgan fingerprint density at radius 2 is 1.66 bits per heavy atom. The van der Waals surface area contributed by atoms with Gasteiger partial charge in [-0.15, -0.1) is 10.2 Å². The number of amides is 3. The number of hydrogen-bond donors (Lipinski definition) is 4. The maximum atomic E-state index is 13.9. The second-order valence-corrected chi connectivity index (χ2v) is 14.2. The van der Waals surface area contributed by atoms with Gasteiger partial charge in [-0.25, -0.2) is 9.59 Å². The third-order valence-electron chi connectivity index (χ3n) is 9.18. The molecule has 1 heterocycles. The van der Waals surface area contributed by atoms with Crippen molar-refractivity contribution in [2.45, 2.75) is 71.4 Å². The number of esters is 1. The Bertz CT molecular complexity index is 1900. The van der Waals surface area contributed by atoms with E-state index in [4.69, 9.17) is 14.2 Å². The van der Waals surface area contributed by atoms with Gasteiger partial charge in [0, 0.05) is 35.7 Å². The highest BCUT2D eigenvalue weighted by molar-refractivity contribution is 5.98. The standard InChI is InChI=1S/C39H47N7O7/c1-23-19-28(37(49)52-6)14-17-30(23)31-20-25(9-18-33(31)51-5)21-32(36(48)41-29-15-12-26(13-16-29)34-43-45-46-44-34)42-35(47)27-10-7-24(8-11-27)22-40-38(50)53-39(2,3)4/h9,12-20,24,27,32H,7-8,10-11,21-22H2,1-6H3,(H,40,50)(H,41,48)(H,42,47)(H,43,44,45,46)/t24-,27-,32-/m0/s1. The van der Waals surface area contributed by atoms with Gasteiger partial charge in [0.05, 0.1) is 19.8 Å². The lowest BCUT2D eigenvalue weighted by molar-refractivity contribution is -0.130. The minimum Gasteiger partial charge on any atom is -0.496 e. The number of ether oxygens (including phenoxy) is 3. The van der Waals surface area contributed by atoms with Crippen LogP contribution >= 0.6 is 0 Å². The molecule has 1 aromatic heterocycles. The molecule has 1 saturated carbocycles. The Labute approximate surface area is 308 Å². The van der Waals surface area contributed by atoms with Crippen LogP contribution in [0, 0.1) is 18.8 Å². The van der Waals surface area contributed by atoms with E-state index in [9.17, 15) is 19.2 Å². The molecular formula is C39H47N7O7. The van der Waals surface area contributed by atoms with Crippen LogP contribution in [0.5, 0.6) is 5.75 Å². The van der Waals surface area contributed by atoms with E-state index in [1.807, 2.05) is 52.0 Å². The van der Waals surface area contributed by atoms with Gasteiger partial charge >= 0.3 is 12.1 Å². The number of H-pyrrole nitrogens is 1. The summed E-state index contributed by atoms with van der Waals surface area (Å²) in [6.07, 6.45) is 2.52. The van der Waals surface area contributed by atoms with Crippen molar-refractivity contribution in [3.63, 3.8) is 0 Å². The number of hydrogen-bond acceptors (Lipinski definition) is 10. The summed E-state index contributed by atoms with van der Waals surface area (Å²) in [5, 5.41) is 22.8. The Hall–Kier alpha value is -5.79. The van der Waals surface area contributed by atoms with Gasteiger partial charge in [-0.1, -0.05) is 12.1 Å². The normalized spacial score (nSPS) is 16.2. The molecule has 1 aliphatic rings. The van der Waals surface area contributed by atoms with E-state index in [1.165, 1.54) is 7.11 Å². The molecule has 1 aliphatic carbocycles. The molecule has 1 atom stereocenters. The first-order valence-corrected chi connectivity index (χ1v) is 17.6. The highest BCUT2D eigenvalue weighted by atomic mass is 16.6. The van der Waals surface area contributed by atoms with Gasteiger partial charge in [-0.2, -0.15) is 5.21 Å². The largest absolute Gasteiger partial charge is 0.496 e. The molecule has 14 heteroatoms. The van der Waals surface area contributed by atoms with Crippen molar-refractivity contribution in [3.05, 3.63) is 77.4 Å². The number of tetrazole rings is 1. The van der Waals surface area contributed by atoms with Crippen molar-refractivity contribution in [2.75, 3.05) is 26.1 Å². The Balaban J connectivity index is 1.32. The van der Waals surface area contributed by atoms with Crippen LogP contribution in [0.3, 0.4) is 0 Å². The average Bonchev–Trinajstić information content (AvgIpc) is 3.68. The fraction of sp³-hybridized carbons (Fsp3) is 0.410. The van der Waals surface area contributed by atoms with E-state index >= 15 is 0 Å². The smallest absolute Gasteiger partial charge is 0.407 e. The molecule has 0 radical (unpaired) electrons. The predicted octanol–water partition coefficient (Wildman–Crippen LogP) is 5.63. The summed E-state index contributed by atoms with van der Waals surface area (Å²) in [5.74, 6) is -0.0128. The molecule has 3 aromatic carbocycles. The van der Waals surface area contributed by atoms with Crippen molar-refractivity contribution in [2.24, 2.45) is 11.8 Å². The number of anilines is 1. The van der Waals surface area contributed by atoms with Crippen molar-refractivity contribution in [1.29, 1.82) is 0 Å². The molecule has 1 fully saturated rings. The van der Waals surface area contributed by atoms with Crippen LogP contribution in [-0.2, 0) is 25.5 Å². The first-order valence-electron chi connectivity index (χ1n) is 17.6. The first kappa shape index (κ1) is 38.4. The summed E-state index contributed by atoms with van der Waals surface area (Å²) in [7, 11) is 2.92. The number of benzene rings is 3. The summed E-state index contributed by atoms with van der Waals surface area (Å²) in [4.78, 5) is 52.0. The van der Waals surface area contributed by atoms with Crippen LogP contribution in [0.25, 0.3) is 22.5 Å². The summed E-state index contributed by atoms with van der Waals surface area (Å²) < 4.78 is 15.9. The van der Waals surface area contributed by atoms with Crippen molar-refractivity contribution in [3.8, 4) is 28.3 Å². The van der Waals surface area contributed by atoms with Crippen molar-refractivity contribution in [1.82, 2.24) is 31.3 Å². The third kappa shape index (κ3) is 10.4. The lowest BCUT2D eigenvalue weighted by Gasteiger charge is -2.29. The SMILES string of the molecule is COC(=O)c1ccc(-c2cc(C[C@H](NC(=O)[C@H]3CC[C@H](CNC(=O)OC(C)(C)C)CC3)C(=O)Nc3ccc(-c4nn[nH]n4)cc3)ccc2OC)c(C)c1. The monoisotopic (exact) mass is 725 g/mol. The molecule has 0 spiro atoms. The molecule has 0 unspecified atom stereocenters. The van der Waals surface area contributed by atoms with Crippen molar-refractivity contribution >= 4 is 29.6 Å². The van der Waals surface area contributed by atoms with Crippen LogP contribution in [0.2, 0.25) is 0 Å². The maximum absolute atomic E-state index is 13.9. The highest BCUT2D eigenvalue weighted by Gasteiger charge is 2.30. The van der Waals surface area contributed by atoms with Gasteiger partial charge in [0.1, 0.15) is 17.4 Å². The number of alkyl carbamates (subject to hydrolysis) is 1. The van der Waals surface area contributed by atoms with Crippen molar-refractivity contribution < 1.29 is 33.4 Å². The van der Waals surface area contributed by atoms with E-state index in [0.29, 0.717) is 42.2 Å². The van der Waals surface area contributed by atoms with Gasteiger partial charge in [0.15, 0.2) is 0 Å². The van der Waals surface area contributed by atoms with Crippen LogP contribution < -0.4 is 20.7 Å². The number of aromatic amines is 1. The fourth-order valence-corrected chi connectivity index (χ4v) is 6.42.